The average molecular weight is 180 g/mol. The van der Waals surface area contributed by atoms with Crippen LogP contribution in [0.15, 0.2) is 12.7 Å². The summed E-state index contributed by atoms with van der Waals surface area (Å²) < 4.78 is 27.4. The molecule has 66 valence electrons. The Morgan fingerprint density at radius 3 is 2.82 bits per heavy atom. The van der Waals surface area contributed by atoms with Crippen LogP contribution in [0.5, 0.6) is 0 Å². The number of hydrogen-bond acceptors (Lipinski definition) is 3. The van der Waals surface area contributed by atoms with Gasteiger partial charge in [-0.15, -0.1) is 6.58 Å². The molecule has 0 aromatic carbocycles. The highest BCUT2D eigenvalue weighted by molar-refractivity contribution is 7.74. The van der Waals surface area contributed by atoms with Crippen molar-refractivity contribution in [2.45, 2.75) is 6.42 Å². The number of ether oxygens (including phenoxy) is 1. The molecule has 0 aliphatic carbocycles. The summed E-state index contributed by atoms with van der Waals surface area (Å²) in [6.45, 7) is 4.72. The minimum absolute atomic E-state index is 0.236. The second kappa shape index (κ2) is 7.87. The third kappa shape index (κ3) is 9.77. The Balaban J connectivity index is 2.90. The zero-order valence-corrected chi connectivity index (χ0v) is 7.01. The highest BCUT2D eigenvalue weighted by Crippen LogP contribution is 1.86. The van der Waals surface area contributed by atoms with Gasteiger partial charge in [-0.25, -0.2) is 0 Å². The summed E-state index contributed by atoms with van der Waals surface area (Å²) in [7, 11) is 0. The molecule has 0 heterocycles. The molecule has 1 N–H and O–H groups in total. The molecule has 0 rings (SSSR count). The molecule has 0 saturated heterocycles. The maximum absolute atomic E-state index is 9.92. The van der Waals surface area contributed by atoms with Crippen molar-refractivity contribution in [3.63, 3.8) is 0 Å². The van der Waals surface area contributed by atoms with Gasteiger partial charge in [0, 0.05) is 6.61 Å². The quantitative estimate of drug-likeness (QED) is 0.356. The van der Waals surface area contributed by atoms with E-state index in [4.69, 9.17) is 9.29 Å². The highest BCUT2D eigenvalue weighted by atomic mass is 32.2. The molecular formula is C6H12O4S. The summed E-state index contributed by atoms with van der Waals surface area (Å²) in [6.07, 6.45) is 2.26. The van der Waals surface area contributed by atoms with E-state index in [9.17, 15) is 4.21 Å². The van der Waals surface area contributed by atoms with Crippen LogP contribution in [0, 0.1) is 0 Å². The summed E-state index contributed by atoms with van der Waals surface area (Å²) in [5.41, 5.74) is 0. The molecule has 0 spiro atoms. The summed E-state index contributed by atoms with van der Waals surface area (Å²) >= 11 is -2.15. The number of rotatable bonds is 7. The van der Waals surface area contributed by atoms with Crippen molar-refractivity contribution in [1.29, 1.82) is 0 Å². The Kier molecular flexibility index (Phi) is 7.71. The maximum atomic E-state index is 9.92. The monoisotopic (exact) mass is 180 g/mol. The molecule has 0 aliphatic heterocycles. The molecule has 4 nitrogen and oxygen atoms in total. The Hall–Kier alpha value is -0.230. The Bertz CT molecular complexity index is 126. The first-order valence-electron chi connectivity index (χ1n) is 3.20. The molecule has 1 atom stereocenters. The molecule has 0 aromatic rings. The van der Waals surface area contributed by atoms with Gasteiger partial charge in [-0.1, -0.05) is 6.08 Å². The Labute approximate surface area is 68.7 Å². The maximum Gasteiger partial charge on any atom is 0.301 e. The molecule has 0 amide bonds. The van der Waals surface area contributed by atoms with Crippen molar-refractivity contribution in [3.05, 3.63) is 12.7 Å². The minimum Gasteiger partial charge on any atom is -0.377 e. The third-order valence-corrected chi connectivity index (χ3v) is 1.22. The topological polar surface area (TPSA) is 55.8 Å². The molecule has 1 unspecified atom stereocenters. The van der Waals surface area contributed by atoms with Gasteiger partial charge in [-0.3, -0.25) is 8.74 Å². The van der Waals surface area contributed by atoms with Gasteiger partial charge in [0.25, 0.3) is 0 Å². The lowest BCUT2D eigenvalue weighted by molar-refractivity contribution is 0.144. The van der Waals surface area contributed by atoms with Crippen LogP contribution in [0.3, 0.4) is 0 Å². The molecule has 0 aromatic heterocycles. The lowest BCUT2D eigenvalue weighted by Crippen LogP contribution is -2.02. The summed E-state index contributed by atoms with van der Waals surface area (Å²) in [5.74, 6) is 0. The third-order valence-electron chi connectivity index (χ3n) is 0.853. The molecule has 0 radical (unpaired) electrons. The Morgan fingerprint density at radius 2 is 2.27 bits per heavy atom. The van der Waals surface area contributed by atoms with Gasteiger partial charge in [0.2, 0.25) is 0 Å². The van der Waals surface area contributed by atoms with Crippen molar-refractivity contribution >= 4 is 11.4 Å². The van der Waals surface area contributed by atoms with Gasteiger partial charge in [0.1, 0.15) is 0 Å². The van der Waals surface area contributed by atoms with Crippen LogP contribution in [-0.4, -0.2) is 28.6 Å². The van der Waals surface area contributed by atoms with E-state index in [1.54, 1.807) is 6.08 Å². The van der Waals surface area contributed by atoms with Crippen LogP contribution < -0.4 is 0 Å². The second-order valence-corrected chi connectivity index (χ2v) is 2.43. The predicted octanol–water partition coefficient (Wildman–Crippen LogP) is 0.732. The van der Waals surface area contributed by atoms with Crippen molar-refractivity contribution in [1.82, 2.24) is 0 Å². The van der Waals surface area contributed by atoms with Crippen LogP contribution in [0.4, 0.5) is 0 Å². The van der Waals surface area contributed by atoms with Crippen LogP contribution in [-0.2, 0) is 20.3 Å². The van der Waals surface area contributed by atoms with Gasteiger partial charge >= 0.3 is 11.4 Å². The van der Waals surface area contributed by atoms with Crippen molar-refractivity contribution < 1.29 is 17.7 Å². The van der Waals surface area contributed by atoms with E-state index in [0.717, 1.165) is 0 Å². The Morgan fingerprint density at radius 1 is 1.55 bits per heavy atom. The van der Waals surface area contributed by atoms with Crippen molar-refractivity contribution in [2.24, 2.45) is 0 Å². The smallest absolute Gasteiger partial charge is 0.301 e. The van der Waals surface area contributed by atoms with Gasteiger partial charge in [-0.05, 0) is 6.42 Å². The summed E-state index contributed by atoms with van der Waals surface area (Å²) in [4.78, 5) is 0. The van der Waals surface area contributed by atoms with Crippen LogP contribution >= 0.6 is 0 Å². The van der Waals surface area contributed by atoms with Crippen molar-refractivity contribution in [3.8, 4) is 0 Å². The fraction of sp³-hybridized carbons (Fsp3) is 0.667. The molecule has 5 heteroatoms. The van der Waals surface area contributed by atoms with E-state index in [1.807, 2.05) is 0 Å². The second-order valence-electron chi connectivity index (χ2n) is 1.76. The van der Waals surface area contributed by atoms with E-state index in [1.165, 1.54) is 0 Å². The lowest BCUT2D eigenvalue weighted by Gasteiger charge is -1.99. The largest absolute Gasteiger partial charge is 0.377 e. The zero-order chi connectivity index (χ0) is 8.53. The minimum atomic E-state index is -2.15. The summed E-state index contributed by atoms with van der Waals surface area (Å²) in [6, 6.07) is 0. The lowest BCUT2D eigenvalue weighted by atomic mass is 10.5. The summed E-state index contributed by atoms with van der Waals surface area (Å²) in [5, 5.41) is 0. The first-order chi connectivity index (χ1) is 5.27. The molecule has 0 bridgehead atoms. The highest BCUT2D eigenvalue weighted by Gasteiger charge is 1.92. The molecular weight excluding hydrogens is 168 g/mol. The van der Waals surface area contributed by atoms with Gasteiger partial charge < -0.3 is 4.74 Å². The van der Waals surface area contributed by atoms with Gasteiger partial charge in [-0.2, -0.15) is 4.21 Å². The first kappa shape index (κ1) is 10.8. The standard InChI is InChI=1S/C6H12O4S/c1-2-4-9-5-3-6-10-11(7)8/h2H,1,3-6H2,(H,7,8). The fourth-order valence-electron chi connectivity index (χ4n) is 0.458. The molecule has 0 fully saturated rings. The molecule has 0 aliphatic rings. The SMILES string of the molecule is C=CCOCCCOS(=O)O. The number of hydrogen-bond donors (Lipinski definition) is 1. The van der Waals surface area contributed by atoms with Crippen LogP contribution in [0.25, 0.3) is 0 Å². The van der Waals surface area contributed by atoms with Crippen LogP contribution in [0.2, 0.25) is 0 Å². The zero-order valence-electron chi connectivity index (χ0n) is 6.19. The van der Waals surface area contributed by atoms with Gasteiger partial charge in [0.15, 0.2) is 0 Å². The molecule has 11 heavy (non-hydrogen) atoms. The predicted molar refractivity (Wildman–Crippen MR) is 42.4 cm³/mol. The van der Waals surface area contributed by atoms with E-state index in [-0.39, 0.29) is 6.61 Å². The first-order valence-corrected chi connectivity index (χ1v) is 4.23. The van der Waals surface area contributed by atoms with E-state index >= 15 is 0 Å². The van der Waals surface area contributed by atoms with Gasteiger partial charge in [0.05, 0.1) is 13.2 Å². The average Bonchev–Trinajstić information content (AvgIpc) is 1.96. The normalized spacial score (nSPS) is 12.8. The van der Waals surface area contributed by atoms with E-state index in [2.05, 4.69) is 10.8 Å². The van der Waals surface area contributed by atoms with Crippen molar-refractivity contribution in [2.75, 3.05) is 19.8 Å². The van der Waals surface area contributed by atoms with E-state index < -0.39 is 11.4 Å². The van der Waals surface area contributed by atoms with E-state index in [0.29, 0.717) is 19.6 Å². The fourth-order valence-corrected chi connectivity index (χ4v) is 0.718. The molecule has 0 saturated carbocycles. The van der Waals surface area contributed by atoms with Crippen LogP contribution in [0.1, 0.15) is 6.42 Å².